The van der Waals surface area contributed by atoms with Crippen molar-refractivity contribution in [2.45, 2.75) is 32.7 Å². The van der Waals surface area contributed by atoms with Gasteiger partial charge < -0.3 is 10.4 Å². The number of rotatable bonds is 5. The average molecular weight is 336 g/mol. The Morgan fingerprint density at radius 3 is 2.48 bits per heavy atom. The highest BCUT2D eigenvalue weighted by atomic mass is 32.1. The van der Waals surface area contributed by atoms with Gasteiger partial charge >= 0.3 is 5.97 Å². The van der Waals surface area contributed by atoms with Gasteiger partial charge in [-0.1, -0.05) is 32.0 Å². The first-order chi connectivity index (χ1) is 10.8. The number of halogens is 1. The van der Waals surface area contributed by atoms with Crippen LogP contribution < -0.4 is 5.32 Å². The van der Waals surface area contributed by atoms with Crippen molar-refractivity contribution in [1.82, 2.24) is 10.3 Å². The van der Waals surface area contributed by atoms with Crippen LogP contribution in [0.2, 0.25) is 0 Å². The third-order valence-corrected chi connectivity index (χ3v) is 4.71. The molecule has 1 aromatic heterocycles. The molecule has 2 N–H and O–H groups in total. The minimum absolute atomic E-state index is 0.0837. The predicted octanol–water partition coefficient (Wildman–Crippen LogP) is 3.27. The number of carboxylic acid groups (broad SMARTS) is 1. The summed E-state index contributed by atoms with van der Waals surface area (Å²) in [7, 11) is 0. The molecule has 0 aliphatic carbocycles. The highest BCUT2D eigenvalue weighted by Crippen LogP contribution is 2.25. The second kappa shape index (κ2) is 6.87. The Bertz CT molecular complexity index is 743. The van der Waals surface area contributed by atoms with E-state index in [2.05, 4.69) is 10.3 Å². The lowest BCUT2D eigenvalue weighted by molar-refractivity contribution is -0.139. The zero-order chi connectivity index (χ0) is 17.1. The van der Waals surface area contributed by atoms with Gasteiger partial charge in [0.05, 0.1) is 10.7 Å². The summed E-state index contributed by atoms with van der Waals surface area (Å²) in [6.45, 7) is 5.61. The van der Waals surface area contributed by atoms with Gasteiger partial charge in [0.15, 0.2) is 6.04 Å². The fourth-order valence-corrected chi connectivity index (χ4v) is 3.03. The summed E-state index contributed by atoms with van der Waals surface area (Å²) in [5.74, 6) is -2.40. The highest BCUT2D eigenvalue weighted by molar-refractivity contribution is 7.13. The van der Waals surface area contributed by atoms with Crippen LogP contribution >= 0.6 is 11.3 Å². The van der Waals surface area contributed by atoms with Crippen LogP contribution in [-0.2, 0) is 4.79 Å². The number of nitrogens with zero attached hydrogens (tertiary/aromatic N) is 1. The number of carboxylic acids is 1. The van der Waals surface area contributed by atoms with Gasteiger partial charge in [0.1, 0.15) is 10.7 Å². The molecule has 0 unspecified atom stereocenters. The number of aryl methyl sites for hydroxylation is 1. The molecule has 2 aromatic rings. The molecule has 1 atom stereocenters. The summed E-state index contributed by atoms with van der Waals surface area (Å²) >= 11 is 1.22. The van der Waals surface area contributed by atoms with Gasteiger partial charge in [-0.05, 0) is 13.0 Å². The van der Waals surface area contributed by atoms with Gasteiger partial charge in [0.25, 0.3) is 5.91 Å². The van der Waals surface area contributed by atoms with Gasteiger partial charge in [-0.2, -0.15) is 0 Å². The van der Waals surface area contributed by atoms with Crippen LogP contribution in [0.4, 0.5) is 4.39 Å². The largest absolute Gasteiger partial charge is 0.479 e. The first kappa shape index (κ1) is 17.1. The van der Waals surface area contributed by atoms with Crippen LogP contribution in [0.5, 0.6) is 0 Å². The standard InChI is InChI=1S/C16H17FN2O3S/c1-8(2)15-18-9(3)13(23-15)14(20)19-12(16(21)22)10-6-4-5-7-11(10)17/h4-8,12H,1-3H3,(H,19,20)(H,21,22)/t12-/m0/s1. The van der Waals surface area contributed by atoms with Crippen molar-refractivity contribution in [3.05, 3.63) is 51.2 Å². The molecule has 23 heavy (non-hydrogen) atoms. The number of carbonyl (C=O) groups is 2. The van der Waals surface area contributed by atoms with Gasteiger partial charge in [-0.25, -0.2) is 14.2 Å². The summed E-state index contributed by atoms with van der Waals surface area (Å²) in [6, 6.07) is 4.03. The molecule has 1 amide bonds. The van der Waals surface area contributed by atoms with E-state index in [9.17, 15) is 19.1 Å². The van der Waals surface area contributed by atoms with Gasteiger partial charge in [-0.3, -0.25) is 4.79 Å². The molecule has 0 aliphatic heterocycles. The number of aliphatic carboxylic acids is 1. The van der Waals surface area contributed by atoms with Crippen molar-refractivity contribution >= 4 is 23.2 Å². The van der Waals surface area contributed by atoms with Gasteiger partial charge in [0.2, 0.25) is 0 Å². The lowest BCUT2D eigenvalue weighted by Crippen LogP contribution is -2.34. The van der Waals surface area contributed by atoms with E-state index in [0.717, 1.165) is 11.1 Å². The Labute approximate surface area is 137 Å². The fourth-order valence-electron chi connectivity index (χ4n) is 2.05. The molecule has 0 saturated heterocycles. The van der Waals surface area contributed by atoms with Crippen molar-refractivity contribution < 1.29 is 19.1 Å². The molecule has 122 valence electrons. The van der Waals surface area contributed by atoms with Gasteiger partial charge in [0, 0.05) is 11.5 Å². The number of hydrogen-bond acceptors (Lipinski definition) is 4. The average Bonchev–Trinajstić information content (AvgIpc) is 2.87. The topological polar surface area (TPSA) is 79.3 Å². The Hall–Kier alpha value is -2.28. The zero-order valence-corrected chi connectivity index (χ0v) is 13.8. The molecule has 7 heteroatoms. The maximum Gasteiger partial charge on any atom is 0.331 e. The maximum absolute atomic E-state index is 13.8. The molecule has 0 bridgehead atoms. The van der Waals surface area contributed by atoms with Crippen molar-refractivity contribution in [3.63, 3.8) is 0 Å². The molecule has 0 aliphatic rings. The maximum atomic E-state index is 13.8. The molecule has 5 nitrogen and oxygen atoms in total. The van der Waals surface area contributed by atoms with Crippen LogP contribution in [0, 0.1) is 12.7 Å². The van der Waals surface area contributed by atoms with Crippen molar-refractivity contribution in [2.24, 2.45) is 0 Å². The molecule has 2 rings (SSSR count). The molecule has 1 aromatic carbocycles. The van der Waals surface area contributed by atoms with Crippen LogP contribution in [0.15, 0.2) is 24.3 Å². The minimum atomic E-state index is -1.45. The van der Waals surface area contributed by atoms with Crippen molar-refractivity contribution in [2.75, 3.05) is 0 Å². The number of thiazole rings is 1. The first-order valence-corrected chi connectivity index (χ1v) is 7.88. The Morgan fingerprint density at radius 1 is 1.30 bits per heavy atom. The quantitative estimate of drug-likeness (QED) is 0.878. The number of benzene rings is 1. The van der Waals surface area contributed by atoms with E-state index in [1.807, 2.05) is 13.8 Å². The Morgan fingerprint density at radius 2 is 1.96 bits per heavy atom. The summed E-state index contributed by atoms with van der Waals surface area (Å²) in [5.41, 5.74) is 0.452. The smallest absolute Gasteiger partial charge is 0.331 e. The number of carbonyl (C=O) groups excluding carboxylic acids is 1. The van der Waals surface area contributed by atoms with E-state index < -0.39 is 23.7 Å². The third-order valence-electron chi connectivity index (χ3n) is 3.25. The zero-order valence-electron chi connectivity index (χ0n) is 13.0. The molecule has 0 spiro atoms. The van der Waals surface area contributed by atoms with Crippen LogP contribution in [-0.4, -0.2) is 22.0 Å². The lowest BCUT2D eigenvalue weighted by atomic mass is 10.1. The molecular weight excluding hydrogens is 319 g/mol. The third kappa shape index (κ3) is 3.73. The van der Waals surface area contributed by atoms with E-state index in [0.29, 0.717) is 10.6 Å². The summed E-state index contributed by atoms with van der Waals surface area (Å²) < 4.78 is 13.8. The summed E-state index contributed by atoms with van der Waals surface area (Å²) in [5, 5.41) is 12.5. The lowest BCUT2D eigenvalue weighted by Gasteiger charge is -2.15. The van der Waals surface area contributed by atoms with Crippen LogP contribution in [0.25, 0.3) is 0 Å². The van der Waals surface area contributed by atoms with E-state index in [1.54, 1.807) is 6.92 Å². The normalized spacial score (nSPS) is 12.2. The van der Waals surface area contributed by atoms with E-state index in [4.69, 9.17) is 0 Å². The van der Waals surface area contributed by atoms with Crippen molar-refractivity contribution in [1.29, 1.82) is 0 Å². The molecule has 0 radical (unpaired) electrons. The number of hydrogen-bond donors (Lipinski definition) is 2. The second-order valence-corrected chi connectivity index (χ2v) is 6.42. The number of nitrogens with one attached hydrogen (secondary N) is 1. The summed E-state index contributed by atoms with van der Waals surface area (Å²) in [6.07, 6.45) is 0. The highest BCUT2D eigenvalue weighted by Gasteiger charge is 2.27. The first-order valence-electron chi connectivity index (χ1n) is 7.06. The molecule has 0 saturated carbocycles. The number of aromatic nitrogens is 1. The second-order valence-electron chi connectivity index (χ2n) is 5.39. The van der Waals surface area contributed by atoms with Crippen molar-refractivity contribution in [3.8, 4) is 0 Å². The minimum Gasteiger partial charge on any atom is -0.479 e. The van der Waals surface area contributed by atoms with Crippen LogP contribution in [0.3, 0.4) is 0 Å². The molecule has 1 heterocycles. The van der Waals surface area contributed by atoms with E-state index in [-0.39, 0.29) is 11.5 Å². The van der Waals surface area contributed by atoms with E-state index >= 15 is 0 Å². The SMILES string of the molecule is Cc1nc(C(C)C)sc1C(=O)N[C@H](C(=O)O)c1ccccc1F. The monoisotopic (exact) mass is 336 g/mol. The predicted molar refractivity (Wildman–Crippen MR) is 85.2 cm³/mol. The fraction of sp³-hybridized carbons (Fsp3) is 0.312. The number of amides is 1. The Kier molecular flexibility index (Phi) is 5.10. The summed E-state index contributed by atoms with van der Waals surface area (Å²) in [4.78, 5) is 28.5. The van der Waals surface area contributed by atoms with E-state index in [1.165, 1.54) is 29.5 Å². The Balaban J connectivity index is 2.29. The molecule has 0 fully saturated rings. The van der Waals surface area contributed by atoms with Gasteiger partial charge in [-0.15, -0.1) is 11.3 Å². The van der Waals surface area contributed by atoms with Crippen LogP contribution in [0.1, 0.15) is 51.7 Å². The molecular formula is C16H17FN2O3S.